The lowest BCUT2D eigenvalue weighted by atomic mass is 9.77. The molecule has 252 valence electrons. The highest BCUT2D eigenvalue weighted by atomic mass is 16.6. The number of benzene rings is 3. The van der Waals surface area contributed by atoms with Crippen molar-refractivity contribution in [1.82, 2.24) is 19.9 Å². The van der Waals surface area contributed by atoms with Crippen LogP contribution < -0.4 is 4.74 Å². The summed E-state index contributed by atoms with van der Waals surface area (Å²) in [6.07, 6.45) is 8.09. The SMILES string of the molecule is C1=Cc2cc3ccc(cc4nc(cc5ccc(cc1n2)[nH]5)C=C4)[nH]3.O=C(O)c1ccc2c(c1)C1(OC2=O)c2ccc(O)cc2Oc2cc(O)ccc21. The normalized spacial score (nSPS) is 14.0. The van der Waals surface area contributed by atoms with E-state index in [1.54, 1.807) is 12.1 Å². The summed E-state index contributed by atoms with van der Waals surface area (Å²) in [5.41, 5.74) is 7.89. The van der Waals surface area contributed by atoms with Gasteiger partial charge < -0.3 is 34.8 Å². The largest absolute Gasteiger partial charge is 0.508 e. The monoisotopic (exact) mass is 686 g/mol. The third-order valence-corrected chi connectivity index (χ3v) is 9.06. The first-order valence-corrected chi connectivity index (χ1v) is 16.2. The molecule has 0 saturated heterocycles. The highest BCUT2D eigenvalue weighted by Gasteiger charge is 2.54. The molecule has 11 nitrogen and oxygen atoms in total. The van der Waals surface area contributed by atoms with E-state index in [2.05, 4.69) is 44.2 Å². The minimum atomic E-state index is -1.46. The van der Waals surface area contributed by atoms with E-state index in [1.807, 2.05) is 48.6 Å². The Labute approximate surface area is 294 Å². The third-order valence-electron chi connectivity index (χ3n) is 9.06. The number of phenolic OH excluding ortho intramolecular Hbond substituents is 2. The number of esters is 1. The molecule has 0 radical (unpaired) electrons. The molecule has 11 heteroatoms. The number of aromatic hydroxyl groups is 2. The van der Waals surface area contributed by atoms with Crippen LogP contribution in [-0.2, 0) is 10.3 Å². The molecular weight excluding hydrogens is 660 g/mol. The number of hydrogen-bond acceptors (Lipinski definition) is 8. The molecule has 10 rings (SSSR count). The highest BCUT2D eigenvalue weighted by Crippen LogP contribution is 2.57. The van der Waals surface area contributed by atoms with Crippen LogP contribution in [0.4, 0.5) is 0 Å². The summed E-state index contributed by atoms with van der Waals surface area (Å²) in [5, 5.41) is 29.2. The Morgan fingerprint density at radius 1 is 0.577 bits per heavy atom. The van der Waals surface area contributed by atoms with E-state index >= 15 is 0 Å². The van der Waals surface area contributed by atoms with Gasteiger partial charge in [0.2, 0.25) is 0 Å². The van der Waals surface area contributed by atoms with Crippen molar-refractivity contribution in [3.05, 3.63) is 154 Å². The predicted molar refractivity (Wildman–Crippen MR) is 194 cm³/mol. The molecule has 3 aromatic carbocycles. The van der Waals surface area contributed by atoms with Crippen molar-refractivity contribution >= 4 is 58.3 Å². The maximum atomic E-state index is 12.7. The minimum absolute atomic E-state index is 0.00331. The molecule has 3 aromatic heterocycles. The number of hydrogen-bond donors (Lipinski definition) is 5. The number of carbonyl (C=O) groups is 2. The molecule has 4 aliphatic rings. The fourth-order valence-corrected chi connectivity index (χ4v) is 6.78. The summed E-state index contributed by atoms with van der Waals surface area (Å²) >= 11 is 0. The van der Waals surface area contributed by atoms with Gasteiger partial charge in [-0.2, -0.15) is 0 Å². The number of rotatable bonds is 1. The van der Waals surface area contributed by atoms with E-state index in [0.29, 0.717) is 16.7 Å². The number of nitrogens with one attached hydrogen (secondary N) is 2. The summed E-state index contributed by atoms with van der Waals surface area (Å²) in [4.78, 5) is 40.2. The van der Waals surface area contributed by atoms with Gasteiger partial charge in [-0.15, -0.1) is 0 Å². The van der Waals surface area contributed by atoms with Gasteiger partial charge in [0.1, 0.15) is 23.0 Å². The molecule has 0 fully saturated rings. The van der Waals surface area contributed by atoms with Gasteiger partial charge >= 0.3 is 11.9 Å². The number of ether oxygens (including phenoxy) is 2. The smallest absolute Gasteiger partial charge is 0.340 e. The maximum absolute atomic E-state index is 12.7. The van der Waals surface area contributed by atoms with E-state index < -0.39 is 17.5 Å². The lowest BCUT2D eigenvalue weighted by Gasteiger charge is -2.36. The molecule has 0 unspecified atom stereocenters. The quantitative estimate of drug-likeness (QED) is 0.107. The summed E-state index contributed by atoms with van der Waals surface area (Å²) in [5.74, 6) is -1.38. The third kappa shape index (κ3) is 5.24. The number of fused-ring (bicyclic) bond motifs is 14. The molecule has 7 heterocycles. The zero-order chi connectivity index (χ0) is 35.6. The second-order valence-electron chi connectivity index (χ2n) is 12.5. The molecule has 6 aromatic rings. The molecule has 0 amide bonds. The van der Waals surface area contributed by atoms with Gasteiger partial charge in [0.15, 0.2) is 5.60 Å². The number of carboxylic acid groups (broad SMARTS) is 1. The maximum Gasteiger partial charge on any atom is 0.340 e. The summed E-state index contributed by atoms with van der Waals surface area (Å²) in [6, 6.07) is 29.3. The number of phenols is 2. The Hall–Kier alpha value is -7.40. The van der Waals surface area contributed by atoms with Crippen molar-refractivity contribution in [2.45, 2.75) is 5.60 Å². The van der Waals surface area contributed by atoms with E-state index in [0.717, 1.165) is 44.8 Å². The number of H-pyrrole nitrogens is 2. The minimum Gasteiger partial charge on any atom is -0.508 e. The molecule has 5 N–H and O–H groups in total. The molecule has 1 spiro atoms. The predicted octanol–water partition coefficient (Wildman–Crippen LogP) is 8.02. The van der Waals surface area contributed by atoms with E-state index in [1.165, 1.54) is 42.5 Å². The molecule has 4 aliphatic heterocycles. The van der Waals surface area contributed by atoms with Crippen molar-refractivity contribution in [1.29, 1.82) is 0 Å². The van der Waals surface area contributed by atoms with Crippen LogP contribution in [0.25, 0.3) is 46.4 Å². The van der Waals surface area contributed by atoms with Crippen molar-refractivity contribution in [3.63, 3.8) is 0 Å². The second-order valence-corrected chi connectivity index (χ2v) is 12.5. The summed E-state index contributed by atoms with van der Waals surface area (Å²) < 4.78 is 11.7. The molecule has 8 bridgehead atoms. The fraction of sp³-hybridized carbons (Fsp3) is 0.0244. The van der Waals surface area contributed by atoms with Gasteiger partial charge in [-0.25, -0.2) is 19.6 Å². The topological polar surface area (TPSA) is 171 Å². The number of nitrogens with zero attached hydrogens (tertiary/aromatic N) is 2. The first kappa shape index (κ1) is 30.6. The standard InChI is InChI=1S/C21H12O7.C20H14N4/c22-11-2-5-14-17(8-11)27-18-9-12(23)3-6-15(18)21(14)16-7-10(19(24)25)1-4-13(16)20(26)28-21;1-2-14-10-16-5-6-18(23-16)12-20-8-7-19(24-20)11-17-4-3-15(22-17)9-13(1)21-14/h1-9,22-23H,(H,24,25);1-12,21,24H. The zero-order valence-electron chi connectivity index (χ0n) is 27.0. The van der Waals surface area contributed by atoms with Gasteiger partial charge in [-0.3, -0.25) is 0 Å². The number of carbonyl (C=O) groups excluding carboxylic acids is 1. The molecular formula is C41H26N4O7. The Balaban J connectivity index is 0.000000140. The van der Waals surface area contributed by atoms with Crippen molar-refractivity contribution in [2.75, 3.05) is 0 Å². The van der Waals surface area contributed by atoms with Crippen LogP contribution in [0, 0.1) is 0 Å². The molecule has 0 atom stereocenters. The summed E-state index contributed by atoms with van der Waals surface area (Å²) in [7, 11) is 0. The van der Waals surface area contributed by atoms with Gasteiger partial charge in [-0.05, 0) is 115 Å². The Morgan fingerprint density at radius 3 is 1.48 bits per heavy atom. The van der Waals surface area contributed by atoms with Gasteiger partial charge in [0, 0.05) is 50.9 Å². The fourth-order valence-electron chi connectivity index (χ4n) is 6.78. The first-order chi connectivity index (χ1) is 25.2. The van der Waals surface area contributed by atoms with Gasteiger partial charge in [-0.1, -0.05) is 0 Å². The summed E-state index contributed by atoms with van der Waals surface area (Å²) in [6.45, 7) is 0. The number of aromatic carboxylic acids is 1. The Bertz CT molecular complexity index is 2510. The van der Waals surface area contributed by atoms with Gasteiger partial charge in [0.05, 0.1) is 33.9 Å². The molecule has 52 heavy (non-hydrogen) atoms. The number of carboxylic acids is 1. The van der Waals surface area contributed by atoms with Crippen molar-refractivity contribution in [3.8, 4) is 23.0 Å². The van der Waals surface area contributed by atoms with Crippen LogP contribution >= 0.6 is 0 Å². The lowest BCUT2D eigenvalue weighted by molar-refractivity contribution is 0.0224. The van der Waals surface area contributed by atoms with Crippen LogP contribution in [-0.4, -0.2) is 47.2 Å². The number of aromatic amines is 2. The van der Waals surface area contributed by atoms with E-state index in [9.17, 15) is 24.9 Å². The zero-order valence-corrected chi connectivity index (χ0v) is 27.0. The van der Waals surface area contributed by atoms with Crippen molar-refractivity contribution < 1.29 is 34.4 Å². The Morgan fingerprint density at radius 2 is 1.04 bits per heavy atom. The second kappa shape index (κ2) is 11.6. The van der Waals surface area contributed by atoms with Crippen LogP contribution in [0.3, 0.4) is 0 Å². The van der Waals surface area contributed by atoms with Gasteiger partial charge in [0.25, 0.3) is 0 Å². The lowest BCUT2D eigenvalue weighted by Crippen LogP contribution is -2.33. The van der Waals surface area contributed by atoms with Crippen LogP contribution in [0.2, 0.25) is 0 Å². The van der Waals surface area contributed by atoms with E-state index in [-0.39, 0.29) is 34.1 Å². The van der Waals surface area contributed by atoms with Crippen molar-refractivity contribution in [2.24, 2.45) is 0 Å². The molecule has 0 saturated carbocycles. The average Bonchev–Trinajstić information content (AvgIpc) is 3.97. The molecule has 0 aliphatic carbocycles. The van der Waals surface area contributed by atoms with Crippen LogP contribution in [0.1, 0.15) is 60.2 Å². The Kier molecular flexibility index (Phi) is 6.83. The van der Waals surface area contributed by atoms with Crippen LogP contribution in [0.5, 0.6) is 23.0 Å². The van der Waals surface area contributed by atoms with Crippen LogP contribution in [0.15, 0.2) is 103 Å². The van der Waals surface area contributed by atoms with E-state index in [4.69, 9.17) is 9.47 Å². The number of aromatic nitrogens is 4. The average molecular weight is 687 g/mol. The first-order valence-electron chi connectivity index (χ1n) is 16.2. The highest BCUT2D eigenvalue weighted by molar-refractivity contribution is 5.99.